The van der Waals surface area contributed by atoms with E-state index in [0.717, 1.165) is 0 Å². The number of nitrogens with two attached hydrogens (primary N) is 4. The van der Waals surface area contributed by atoms with Gasteiger partial charge in [-0.1, -0.05) is 0 Å². The van der Waals surface area contributed by atoms with Crippen LogP contribution in [0, 0.1) is 5.41 Å². The highest BCUT2D eigenvalue weighted by Gasteiger charge is 2.47. The summed E-state index contributed by atoms with van der Waals surface area (Å²) in [4.78, 5) is 22.3. The van der Waals surface area contributed by atoms with Crippen LogP contribution in [-0.4, -0.2) is 17.5 Å². The molecule has 8 N–H and O–H groups in total. The van der Waals surface area contributed by atoms with Gasteiger partial charge in [-0.15, -0.1) is 0 Å². The van der Waals surface area contributed by atoms with E-state index in [1.54, 1.807) is 0 Å². The molecule has 0 spiro atoms. The number of carbonyl (C=O) groups excluding carboxylic acids is 2. The predicted molar refractivity (Wildman–Crippen MR) is 50.4 cm³/mol. The van der Waals surface area contributed by atoms with Crippen LogP contribution in [0.5, 0.6) is 0 Å². The third kappa shape index (κ3) is 1.71. The molecule has 2 amide bonds. The Labute approximate surface area is 82.0 Å². The van der Waals surface area contributed by atoms with E-state index < -0.39 is 22.9 Å². The maximum Gasteiger partial charge on any atom is 0.233 e. The maximum atomic E-state index is 11.2. The van der Waals surface area contributed by atoms with E-state index in [1.807, 2.05) is 0 Å². The first-order valence-electron chi connectivity index (χ1n) is 4.48. The van der Waals surface area contributed by atoms with Crippen molar-refractivity contribution in [2.24, 2.45) is 28.3 Å². The average molecular weight is 200 g/mol. The molecule has 0 bridgehead atoms. The molecule has 0 aromatic carbocycles. The molecule has 6 heteroatoms. The van der Waals surface area contributed by atoms with Crippen LogP contribution >= 0.6 is 0 Å². The highest BCUT2D eigenvalue weighted by atomic mass is 16.2. The maximum absolute atomic E-state index is 11.2. The molecule has 0 saturated heterocycles. The van der Waals surface area contributed by atoms with Crippen LogP contribution in [0.4, 0.5) is 0 Å². The summed E-state index contributed by atoms with van der Waals surface area (Å²) in [6, 6.07) is 0. The van der Waals surface area contributed by atoms with Crippen molar-refractivity contribution in [2.45, 2.75) is 31.3 Å². The first-order valence-corrected chi connectivity index (χ1v) is 4.48. The number of hydrogen-bond donors (Lipinski definition) is 4. The van der Waals surface area contributed by atoms with Gasteiger partial charge in [0.25, 0.3) is 0 Å². The lowest BCUT2D eigenvalue weighted by molar-refractivity contribution is -0.142. The van der Waals surface area contributed by atoms with Gasteiger partial charge in [0.1, 0.15) is 5.41 Å². The van der Waals surface area contributed by atoms with Crippen LogP contribution in [0.2, 0.25) is 0 Å². The van der Waals surface area contributed by atoms with Crippen LogP contribution in [0.25, 0.3) is 0 Å². The smallest absolute Gasteiger partial charge is 0.233 e. The molecule has 0 aromatic heterocycles. The number of hydrogen-bond acceptors (Lipinski definition) is 4. The topological polar surface area (TPSA) is 138 Å². The molecule has 1 saturated carbocycles. The summed E-state index contributed by atoms with van der Waals surface area (Å²) in [5.74, 6) is -1.36. The molecule has 80 valence electrons. The summed E-state index contributed by atoms with van der Waals surface area (Å²) in [5, 5.41) is 0. The van der Waals surface area contributed by atoms with Crippen LogP contribution in [0.3, 0.4) is 0 Å². The second-order valence-corrected chi connectivity index (χ2v) is 4.04. The van der Waals surface area contributed by atoms with Crippen molar-refractivity contribution in [3.63, 3.8) is 0 Å². The SMILES string of the molecule is NC(=O)C1(C(N)=O)CCC(N)(N)CC1. The predicted octanol–water partition coefficient (Wildman–Crippen LogP) is -1.87. The van der Waals surface area contributed by atoms with Crippen molar-refractivity contribution in [1.29, 1.82) is 0 Å². The Morgan fingerprint density at radius 1 is 0.857 bits per heavy atom. The summed E-state index contributed by atoms with van der Waals surface area (Å²) in [5.41, 5.74) is 19.6. The normalized spacial score (nSPS) is 24.1. The van der Waals surface area contributed by atoms with E-state index in [0.29, 0.717) is 12.8 Å². The lowest BCUT2D eigenvalue weighted by Gasteiger charge is -2.38. The van der Waals surface area contributed by atoms with Crippen LogP contribution in [0.1, 0.15) is 25.7 Å². The molecule has 0 heterocycles. The molecule has 6 nitrogen and oxygen atoms in total. The Hall–Kier alpha value is -1.14. The molecular formula is C8H16N4O2. The minimum absolute atomic E-state index is 0.241. The Kier molecular flexibility index (Phi) is 2.51. The number of carbonyl (C=O) groups is 2. The van der Waals surface area contributed by atoms with Gasteiger partial charge in [-0.05, 0) is 25.7 Å². The minimum atomic E-state index is -1.25. The fraction of sp³-hybridized carbons (Fsp3) is 0.750. The van der Waals surface area contributed by atoms with Gasteiger partial charge in [0.2, 0.25) is 11.8 Å². The van der Waals surface area contributed by atoms with E-state index in [2.05, 4.69) is 0 Å². The summed E-state index contributed by atoms with van der Waals surface area (Å²) in [6.45, 7) is 0. The summed E-state index contributed by atoms with van der Waals surface area (Å²) in [7, 11) is 0. The lowest BCUT2D eigenvalue weighted by atomic mass is 9.69. The van der Waals surface area contributed by atoms with Crippen molar-refractivity contribution in [2.75, 3.05) is 0 Å². The quantitative estimate of drug-likeness (QED) is 0.306. The molecule has 0 unspecified atom stereocenters. The van der Waals surface area contributed by atoms with E-state index in [4.69, 9.17) is 22.9 Å². The second kappa shape index (κ2) is 3.21. The van der Waals surface area contributed by atoms with Crippen molar-refractivity contribution in [1.82, 2.24) is 0 Å². The zero-order valence-corrected chi connectivity index (χ0v) is 7.95. The fourth-order valence-electron chi connectivity index (χ4n) is 1.76. The van der Waals surface area contributed by atoms with Gasteiger partial charge in [0, 0.05) is 0 Å². The van der Waals surface area contributed by atoms with Crippen molar-refractivity contribution in [3.05, 3.63) is 0 Å². The highest BCUT2D eigenvalue weighted by molar-refractivity contribution is 6.03. The van der Waals surface area contributed by atoms with Crippen LogP contribution in [-0.2, 0) is 9.59 Å². The molecule has 0 radical (unpaired) electrons. The van der Waals surface area contributed by atoms with Gasteiger partial charge < -0.3 is 22.9 Å². The van der Waals surface area contributed by atoms with Gasteiger partial charge in [0.15, 0.2) is 0 Å². The van der Waals surface area contributed by atoms with Gasteiger partial charge in [-0.3, -0.25) is 9.59 Å². The number of rotatable bonds is 2. The summed E-state index contributed by atoms with van der Waals surface area (Å²) < 4.78 is 0. The van der Waals surface area contributed by atoms with Gasteiger partial charge in [-0.2, -0.15) is 0 Å². The Morgan fingerprint density at radius 2 is 1.21 bits per heavy atom. The van der Waals surface area contributed by atoms with Crippen molar-refractivity contribution >= 4 is 11.8 Å². The molecule has 0 aromatic rings. The first-order chi connectivity index (χ1) is 6.30. The molecule has 0 atom stereocenters. The Bertz CT molecular complexity index is 249. The number of primary amides is 2. The van der Waals surface area contributed by atoms with E-state index in [-0.39, 0.29) is 12.8 Å². The minimum Gasteiger partial charge on any atom is -0.369 e. The summed E-state index contributed by atoms with van der Waals surface area (Å²) in [6.07, 6.45) is 1.23. The molecule has 1 rings (SSSR count). The van der Waals surface area contributed by atoms with E-state index >= 15 is 0 Å². The monoisotopic (exact) mass is 200 g/mol. The molecule has 1 fully saturated rings. The van der Waals surface area contributed by atoms with Crippen LogP contribution < -0.4 is 22.9 Å². The fourth-order valence-corrected chi connectivity index (χ4v) is 1.76. The van der Waals surface area contributed by atoms with Crippen LogP contribution in [0.15, 0.2) is 0 Å². The third-order valence-electron chi connectivity index (χ3n) is 2.98. The highest BCUT2D eigenvalue weighted by Crippen LogP contribution is 2.37. The van der Waals surface area contributed by atoms with Gasteiger partial charge in [0.05, 0.1) is 5.66 Å². The zero-order chi connectivity index (χ0) is 11.0. The van der Waals surface area contributed by atoms with E-state index in [9.17, 15) is 9.59 Å². The lowest BCUT2D eigenvalue weighted by Crippen LogP contribution is -2.58. The first kappa shape index (κ1) is 10.9. The molecular weight excluding hydrogens is 184 g/mol. The standard InChI is InChI=1S/C8H16N4O2/c9-5(13)7(6(10)14)1-3-8(11,12)4-2-7/h1-4,11-12H2,(H2,9,13)(H2,10,14). The molecule has 0 aliphatic heterocycles. The van der Waals surface area contributed by atoms with E-state index in [1.165, 1.54) is 0 Å². The second-order valence-electron chi connectivity index (χ2n) is 4.04. The third-order valence-corrected chi connectivity index (χ3v) is 2.98. The molecule has 1 aliphatic rings. The molecule has 1 aliphatic carbocycles. The zero-order valence-electron chi connectivity index (χ0n) is 7.95. The molecule has 14 heavy (non-hydrogen) atoms. The average Bonchev–Trinajstić information content (AvgIpc) is 2.03. The Morgan fingerprint density at radius 3 is 1.50 bits per heavy atom. The van der Waals surface area contributed by atoms with Gasteiger partial charge in [-0.25, -0.2) is 0 Å². The largest absolute Gasteiger partial charge is 0.369 e. The summed E-state index contributed by atoms with van der Waals surface area (Å²) >= 11 is 0. The van der Waals surface area contributed by atoms with Crippen molar-refractivity contribution in [3.8, 4) is 0 Å². The Balaban J connectivity index is 2.85. The number of amides is 2. The van der Waals surface area contributed by atoms with Gasteiger partial charge >= 0.3 is 0 Å². The van der Waals surface area contributed by atoms with Crippen molar-refractivity contribution < 1.29 is 9.59 Å².